The second-order valence-electron chi connectivity index (χ2n) is 4.83. The zero-order valence-electron chi connectivity index (χ0n) is 11.7. The van der Waals surface area contributed by atoms with E-state index in [1.807, 2.05) is 35.8 Å². The van der Waals surface area contributed by atoms with E-state index in [4.69, 9.17) is 21.7 Å². The van der Waals surface area contributed by atoms with Gasteiger partial charge < -0.3 is 14.0 Å². The van der Waals surface area contributed by atoms with Gasteiger partial charge in [0.15, 0.2) is 22.4 Å². The number of hydrogen-bond acceptors (Lipinski definition) is 4. The molecule has 0 amide bonds. The fraction of sp³-hybridized carbons (Fsp3) is 0.333. The molecule has 1 aromatic carbocycles. The molecule has 0 aliphatic carbocycles. The molecule has 0 radical (unpaired) electrons. The lowest BCUT2D eigenvalue weighted by molar-refractivity contribution is 0.0769. The van der Waals surface area contributed by atoms with Crippen LogP contribution in [0.25, 0.3) is 0 Å². The summed E-state index contributed by atoms with van der Waals surface area (Å²) in [7, 11) is 0. The molecule has 0 saturated heterocycles. The van der Waals surface area contributed by atoms with Gasteiger partial charge in [-0.3, -0.25) is 9.36 Å². The molecule has 3 rings (SSSR count). The molecule has 21 heavy (non-hydrogen) atoms. The van der Waals surface area contributed by atoms with Crippen molar-refractivity contribution in [3.63, 3.8) is 0 Å². The molecule has 1 aliphatic rings. The van der Waals surface area contributed by atoms with Crippen LogP contribution in [0.3, 0.4) is 0 Å². The van der Waals surface area contributed by atoms with Gasteiger partial charge in [0.05, 0.1) is 6.54 Å². The second kappa shape index (κ2) is 5.73. The van der Waals surface area contributed by atoms with Gasteiger partial charge >= 0.3 is 0 Å². The summed E-state index contributed by atoms with van der Waals surface area (Å²) in [5.41, 5.74) is -0.118. The molecule has 2 heterocycles. The minimum absolute atomic E-state index is 0.118. The molecule has 1 atom stereocenters. The number of fused-ring (bicyclic) bond motifs is 1. The summed E-state index contributed by atoms with van der Waals surface area (Å²) in [5, 5.41) is 0. The summed E-state index contributed by atoms with van der Waals surface area (Å²) in [6, 6.07) is 9.04. The number of nitrogens with zero attached hydrogens (tertiary/aromatic N) is 2. The monoisotopic (exact) mass is 304 g/mol. The van der Waals surface area contributed by atoms with E-state index in [9.17, 15) is 4.79 Å². The first kappa shape index (κ1) is 13.9. The predicted octanol–water partition coefficient (Wildman–Crippen LogP) is 2.24. The lowest BCUT2D eigenvalue weighted by atomic mass is 10.2. The van der Waals surface area contributed by atoms with E-state index in [1.54, 1.807) is 10.8 Å². The number of para-hydroxylation sites is 2. The van der Waals surface area contributed by atoms with Crippen molar-refractivity contribution >= 4 is 12.2 Å². The standard InChI is InChI=1S/C15H16N2O3S/c1-2-16-8-7-14(18)17(15(16)21)9-11-10-19-12-5-3-4-6-13(12)20-11/h3-8,11H,2,9-10H2,1H3. The van der Waals surface area contributed by atoms with Crippen molar-refractivity contribution in [3.8, 4) is 11.5 Å². The van der Waals surface area contributed by atoms with Crippen molar-refractivity contribution in [2.45, 2.75) is 26.1 Å². The SMILES string of the molecule is CCn1ccc(=O)n(CC2COc3ccccc3O2)c1=S. The van der Waals surface area contributed by atoms with E-state index in [2.05, 4.69) is 0 Å². The van der Waals surface area contributed by atoms with Crippen LogP contribution in [0.15, 0.2) is 41.3 Å². The van der Waals surface area contributed by atoms with E-state index in [1.165, 1.54) is 6.07 Å². The Balaban J connectivity index is 1.86. The minimum Gasteiger partial charge on any atom is -0.486 e. The van der Waals surface area contributed by atoms with Gasteiger partial charge in [-0.15, -0.1) is 0 Å². The largest absolute Gasteiger partial charge is 0.486 e. The average Bonchev–Trinajstić information content (AvgIpc) is 2.51. The van der Waals surface area contributed by atoms with Gasteiger partial charge in [-0.25, -0.2) is 0 Å². The molecule has 1 aromatic heterocycles. The maximum Gasteiger partial charge on any atom is 0.254 e. The van der Waals surface area contributed by atoms with Gasteiger partial charge in [-0.2, -0.15) is 0 Å². The van der Waals surface area contributed by atoms with Crippen LogP contribution in [0.1, 0.15) is 6.92 Å². The zero-order chi connectivity index (χ0) is 14.8. The fourth-order valence-corrected chi connectivity index (χ4v) is 2.68. The minimum atomic E-state index is -0.230. The topological polar surface area (TPSA) is 45.4 Å². The normalized spacial score (nSPS) is 16.7. The Hall–Kier alpha value is -2.08. The molecule has 6 heteroatoms. The number of rotatable bonds is 3. The number of aromatic nitrogens is 2. The average molecular weight is 304 g/mol. The Kier molecular flexibility index (Phi) is 3.79. The van der Waals surface area contributed by atoms with Crippen LogP contribution in [0, 0.1) is 4.77 Å². The first-order chi connectivity index (χ1) is 10.2. The van der Waals surface area contributed by atoms with E-state index >= 15 is 0 Å². The first-order valence-corrected chi connectivity index (χ1v) is 7.28. The summed E-state index contributed by atoms with van der Waals surface area (Å²) >= 11 is 5.35. The van der Waals surface area contributed by atoms with Gasteiger partial charge in [0, 0.05) is 18.8 Å². The Morgan fingerprint density at radius 3 is 2.81 bits per heavy atom. The lowest BCUT2D eigenvalue weighted by Gasteiger charge is -2.27. The number of aryl methyl sites for hydroxylation is 1. The van der Waals surface area contributed by atoms with Gasteiger partial charge in [-0.05, 0) is 31.3 Å². The lowest BCUT2D eigenvalue weighted by Crippen LogP contribution is -2.37. The van der Waals surface area contributed by atoms with E-state index < -0.39 is 0 Å². The first-order valence-electron chi connectivity index (χ1n) is 6.88. The molecule has 110 valence electrons. The second-order valence-corrected chi connectivity index (χ2v) is 5.20. The fourth-order valence-electron chi connectivity index (χ4n) is 2.32. The van der Waals surface area contributed by atoms with Crippen molar-refractivity contribution in [2.24, 2.45) is 0 Å². The van der Waals surface area contributed by atoms with Gasteiger partial charge in [0.1, 0.15) is 6.61 Å². The van der Waals surface area contributed by atoms with Crippen LogP contribution in [0.2, 0.25) is 0 Å². The molecule has 0 spiro atoms. The highest BCUT2D eigenvalue weighted by atomic mass is 32.1. The Labute approximate surface area is 127 Å². The molecule has 0 bridgehead atoms. The molecule has 1 unspecified atom stereocenters. The van der Waals surface area contributed by atoms with Gasteiger partial charge in [0.2, 0.25) is 0 Å². The zero-order valence-corrected chi connectivity index (χ0v) is 12.5. The Bertz CT molecular complexity index is 766. The Morgan fingerprint density at radius 2 is 2.05 bits per heavy atom. The van der Waals surface area contributed by atoms with Crippen LogP contribution in [0.4, 0.5) is 0 Å². The summed E-state index contributed by atoms with van der Waals surface area (Å²) in [4.78, 5) is 12.0. The number of hydrogen-bond donors (Lipinski definition) is 0. The molecule has 2 aromatic rings. The van der Waals surface area contributed by atoms with Crippen molar-refractivity contribution in [2.75, 3.05) is 6.61 Å². The highest BCUT2D eigenvalue weighted by Gasteiger charge is 2.21. The van der Waals surface area contributed by atoms with E-state index in [0.29, 0.717) is 23.7 Å². The molecular formula is C15H16N2O3S. The predicted molar refractivity (Wildman–Crippen MR) is 81.6 cm³/mol. The van der Waals surface area contributed by atoms with Crippen LogP contribution < -0.4 is 15.0 Å². The van der Waals surface area contributed by atoms with Crippen molar-refractivity contribution in [3.05, 3.63) is 51.7 Å². The smallest absolute Gasteiger partial charge is 0.254 e. The molecule has 0 saturated carbocycles. The molecule has 0 fully saturated rings. The summed E-state index contributed by atoms with van der Waals surface area (Å²) in [5.74, 6) is 1.43. The highest BCUT2D eigenvalue weighted by molar-refractivity contribution is 7.71. The third-order valence-corrected chi connectivity index (χ3v) is 3.89. The third kappa shape index (κ3) is 2.71. The molecule has 0 N–H and O–H groups in total. The van der Waals surface area contributed by atoms with Crippen LogP contribution >= 0.6 is 12.2 Å². The molecular weight excluding hydrogens is 288 g/mol. The number of benzene rings is 1. The quantitative estimate of drug-likeness (QED) is 0.816. The Morgan fingerprint density at radius 1 is 1.29 bits per heavy atom. The van der Waals surface area contributed by atoms with E-state index in [-0.39, 0.29) is 11.7 Å². The van der Waals surface area contributed by atoms with Gasteiger partial charge in [0.25, 0.3) is 5.56 Å². The van der Waals surface area contributed by atoms with Gasteiger partial charge in [-0.1, -0.05) is 12.1 Å². The van der Waals surface area contributed by atoms with Crippen LogP contribution in [-0.2, 0) is 13.1 Å². The maximum atomic E-state index is 12.0. The summed E-state index contributed by atoms with van der Waals surface area (Å²) < 4.78 is 15.5. The van der Waals surface area contributed by atoms with Crippen molar-refractivity contribution in [1.82, 2.24) is 9.13 Å². The van der Waals surface area contributed by atoms with Crippen molar-refractivity contribution in [1.29, 1.82) is 0 Å². The molecule has 1 aliphatic heterocycles. The number of ether oxygens (including phenoxy) is 2. The third-order valence-electron chi connectivity index (χ3n) is 3.43. The van der Waals surface area contributed by atoms with E-state index in [0.717, 1.165) is 12.3 Å². The summed E-state index contributed by atoms with van der Waals surface area (Å²) in [6.07, 6.45) is 1.49. The van der Waals surface area contributed by atoms with Crippen LogP contribution in [-0.4, -0.2) is 21.8 Å². The summed E-state index contributed by atoms with van der Waals surface area (Å²) in [6.45, 7) is 3.50. The molecule has 5 nitrogen and oxygen atoms in total. The van der Waals surface area contributed by atoms with Crippen LogP contribution in [0.5, 0.6) is 11.5 Å². The van der Waals surface area contributed by atoms with Crippen molar-refractivity contribution < 1.29 is 9.47 Å². The maximum absolute atomic E-state index is 12.0. The highest BCUT2D eigenvalue weighted by Crippen LogP contribution is 2.31.